The standard InChI is InChI=1S/C19H23BrN6/c1-13-10-16(2-3-17(13)20)24-19-18-14(4-9-26(18)23-12-22-19)11-25-7-5-15(21)6-8-25/h2-4,9-10,12,15H,5-8,11,21H2,1H3,(H,22,23,24). The van der Waals surface area contributed by atoms with Gasteiger partial charge in [-0.3, -0.25) is 4.90 Å². The van der Waals surface area contributed by atoms with Crippen LogP contribution in [0, 0.1) is 6.92 Å². The molecule has 6 nitrogen and oxygen atoms in total. The van der Waals surface area contributed by atoms with Crippen molar-refractivity contribution in [3.8, 4) is 0 Å². The number of rotatable bonds is 4. The van der Waals surface area contributed by atoms with Gasteiger partial charge in [0.05, 0.1) is 0 Å². The van der Waals surface area contributed by atoms with Gasteiger partial charge in [-0.1, -0.05) is 15.9 Å². The fourth-order valence-electron chi connectivity index (χ4n) is 3.45. The maximum absolute atomic E-state index is 6.03. The molecule has 3 heterocycles. The minimum Gasteiger partial charge on any atom is -0.338 e. The van der Waals surface area contributed by atoms with Crippen molar-refractivity contribution in [2.24, 2.45) is 5.73 Å². The average molecular weight is 415 g/mol. The van der Waals surface area contributed by atoms with E-state index in [9.17, 15) is 0 Å². The van der Waals surface area contributed by atoms with Crippen LogP contribution in [0.5, 0.6) is 0 Å². The van der Waals surface area contributed by atoms with Gasteiger partial charge in [-0.05, 0) is 68.2 Å². The zero-order chi connectivity index (χ0) is 18.1. The SMILES string of the molecule is Cc1cc(Nc2ncnn3ccc(CN4CCC(N)CC4)c23)ccc1Br. The third kappa shape index (κ3) is 3.60. The van der Waals surface area contributed by atoms with E-state index in [0.29, 0.717) is 6.04 Å². The number of piperidine rings is 1. The van der Waals surface area contributed by atoms with Crippen molar-refractivity contribution in [3.63, 3.8) is 0 Å². The van der Waals surface area contributed by atoms with E-state index >= 15 is 0 Å². The molecule has 0 aliphatic carbocycles. The lowest BCUT2D eigenvalue weighted by molar-refractivity contribution is 0.206. The number of halogens is 1. The van der Waals surface area contributed by atoms with Crippen molar-refractivity contribution in [1.82, 2.24) is 19.5 Å². The first-order chi connectivity index (χ1) is 12.6. The second-order valence-corrected chi connectivity index (χ2v) is 7.80. The monoisotopic (exact) mass is 414 g/mol. The number of aromatic nitrogens is 3. The number of hydrogen-bond donors (Lipinski definition) is 2. The molecule has 0 bridgehead atoms. The van der Waals surface area contributed by atoms with Crippen molar-refractivity contribution in [2.75, 3.05) is 18.4 Å². The number of fused-ring (bicyclic) bond motifs is 1. The highest BCUT2D eigenvalue weighted by molar-refractivity contribution is 9.10. The van der Waals surface area contributed by atoms with Crippen LogP contribution in [0.2, 0.25) is 0 Å². The van der Waals surface area contributed by atoms with Crippen LogP contribution in [0.25, 0.3) is 5.52 Å². The van der Waals surface area contributed by atoms with E-state index in [4.69, 9.17) is 5.73 Å². The summed E-state index contributed by atoms with van der Waals surface area (Å²) in [6, 6.07) is 8.68. The summed E-state index contributed by atoms with van der Waals surface area (Å²) in [4.78, 5) is 6.96. The van der Waals surface area contributed by atoms with Crippen molar-refractivity contribution in [3.05, 3.63) is 52.4 Å². The van der Waals surface area contributed by atoms with Crippen LogP contribution in [-0.2, 0) is 6.54 Å². The number of aryl methyl sites for hydroxylation is 1. The molecule has 4 rings (SSSR count). The van der Waals surface area contributed by atoms with E-state index in [-0.39, 0.29) is 0 Å². The Hall–Kier alpha value is -1.96. The van der Waals surface area contributed by atoms with Crippen molar-refractivity contribution in [2.45, 2.75) is 32.4 Å². The number of nitrogens with zero attached hydrogens (tertiary/aromatic N) is 4. The van der Waals surface area contributed by atoms with Gasteiger partial charge in [0.1, 0.15) is 11.8 Å². The molecule has 0 unspecified atom stereocenters. The molecule has 2 aromatic heterocycles. The highest BCUT2D eigenvalue weighted by Gasteiger charge is 2.18. The van der Waals surface area contributed by atoms with E-state index in [1.165, 1.54) is 11.1 Å². The van der Waals surface area contributed by atoms with Gasteiger partial charge in [-0.25, -0.2) is 9.50 Å². The van der Waals surface area contributed by atoms with Crippen LogP contribution in [0.15, 0.2) is 41.3 Å². The average Bonchev–Trinajstić information content (AvgIpc) is 3.04. The number of anilines is 2. The molecule has 0 amide bonds. The molecule has 7 heteroatoms. The number of nitrogens with one attached hydrogen (secondary N) is 1. The Morgan fingerprint density at radius 3 is 2.85 bits per heavy atom. The molecule has 0 saturated carbocycles. The van der Waals surface area contributed by atoms with E-state index in [0.717, 1.165) is 54.0 Å². The number of benzene rings is 1. The third-order valence-electron chi connectivity index (χ3n) is 4.98. The zero-order valence-corrected chi connectivity index (χ0v) is 16.4. The summed E-state index contributed by atoms with van der Waals surface area (Å²) in [5, 5.41) is 7.81. The summed E-state index contributed by atoms with van der Waals surface area (Å²) < 4.78 is 2.99. The van der Waals surface area contributed by atoms with Gasteiger partial charge in [0, 0.05) is 28.9 Å². The lowest BCUT2D eigenvalue weighted by atomic mass is 10.1. The van der Waals surface area contributed by atoms with Gasteiger partial charge in [-0.15, -0.1) is 0 Å². The van der Waals surface area contributed by atoms with Crippen molar-refractivity contribution in [1.29, 1.82) is 0 Å². The molecule has 1 aliphatic rings. The van der Waals surface area contributed by atoms with E-state index in [1.807, 2.05) is 22.8 Å². The Bertz CT molecular complexity index is 914. The molecular formula is C19H23BrN6. The van der Waals surface area contributed by atoms with Crippen LogP contribution in [0.4, 0.5) is 11.5 Å². The summed E-state index contributed by atoms with van der Waals surface area (Å²) in [6.45, 7) is 5.06. The van der Waals surface area contributed by atoms with Crippen LogP contribution < -0.4 is 11.1 Å². The number of hydrogen-bond acceptors (Lipinski definition) is 5. The van der Waals surface area contributed by atoms with Gasteiger partial charge in [-0.2, -0.15) is 5.10 Å². The lowest BCUT2D eigenvalue weighted by Gasteiger charge is -2.29. The van der Waals surface area contributed by atoms with E-state index in [2.05, 4.69) is 55.3 Å². The minimum absolute atomic E-state index is 0.346. The molecule has 1 aromatic carbocycles. The highest BCUT2D eigenvalue weighted by atomic mass is 79.9. The normalized spacial score (nSPS) is 16.3. The Kier molecular flexibility index (Phi) is 4.93. The summed E-state index contributed by atoms with van der Waals surface area (Å²) >= 11 is 3.55. The zero-order valence-electron chi connectivity index (χ0n) is 14.8. The molecule has 3 N–H and O–H groups in total. The third-order valence-corrected chi connectivity index (χ3v) is 5.87. The van der Waals surface area contributed by atoms with Crippen LogP contribution in [-0.4, -0.2) is 38.6 Å². The number of likely N-dealkylation sites (tertiary alicyclic amines) is 1. The second-order valence-electron chi connectivity index (χ2n) is 6.95. The Labute approximate surface area is 161 Å². The maximum Gasteiger partial charge on any atom is 0.158 e. The van der Waals surface area contributed by atoms with Gasteiger partial charge >= 0.3 is 0 Å². The predicted molar refractivity (Wildman–Crippen MR) is 108 cm³/mol. The van der Waals surface area contributed by atoms with Gasteiger partial charge < -0.3 is 11.1 Å². The largest absolute Gasteiger partial charge is 0.338 e. The molecule has 3 aromatic rings. The molecule has 1 fully saturated rings. The number of nitrogens with two attached hydrogens (primary N) is 1. The predicted octanol–water partition coefficient (Wildman–Crippen LogP) is 3.47. The Balaban J connectivity index is 1.62. The minimum atomic E-state index is 0.346. The fraction of sp³-hybridized carbons (Fsp3) is 0.368. The topological polar surface area (TPSA) is 71.5 Å². The molecule has 26 heavy (non-hydrogen) atoms. The van der Waals surface area contributed by atoms with Gasteiger partial charge in [0.2, 0.25) is 0 Å². The second kappa shape index (κ2) is 7.34. The summed E-state index contributed by atoms with van der Waals surface area (Å²) in [5.41, 5.74) is 10.5. The summed E-state index contributed by atoms with van der Waals surface area (Å²) in [5.74, 6) is 0.829. The molecule has 0 atom stereocenters. The molecule has 136 valence electrons. The van der Waals surface area contributed by atoms with Crippen LogP contribution >= 0.6 is 15.9 Å². The molecule has 0 radical (unpaired) electrons. The fourth-order valence-corrected chi connectivity index (χ4v) is 3.70. The van der Waals surface area contributed by atoms with E-state index in [1.54, 1.807) is 6.33 Å². The van der Waals surface area contributed by atoms with Crippen LogP contribution in [0.3, 0.4) is 0 Å². The molecule has 0 spiro atoms. The van der Waals surface area contributed by atoms with Crippen molar-refractivity contribution < 1.29 is 0 Å². The molecule has 1 aliphatic heterocycles. The lowest BCUT2D eigenvalue weighted by Crippen LogP contribution is -2.39. The summed E-state index contributed by atoms with van der Waals surface area (Å²) in [7, 11) is 0. The Morgan fingerprint density at radius 2 is 2.08 bits per heavy atom. The maximum atomic E-state index is 6.03. The first kappa shape index (κ1) is 17.5. The first-order valence-electron chi connectivity index (χ1n) is 8.92. The molecule has 1 saturated heterocycles. The van der Waals surface area contributed by atoms with Gasteiger partial charge in [0.25, 0.3) is 0 Å². The Morgan fingerprint density at radius 1 is 1.27 bits per heavy atom. The van der Waals surface area contributed by atoms with Crippen molar-refractivity contribution >= 4 is 33.0 Å². The molecular weight excluding hydrogens is 392 g/mol. The quantitative estimate of drug-likeness (QED) is 0.683. The highest BCUT2D eigenvalue weighted by Crippen LogP contribution is 2.27. The first-order valence-corrected chi connectivity index (χ1v) is 9.72. The van der Waals surface area contributed by atoms with E-state index < -0.39 is 0 Å². The summed E-state index contributed by atoms with van der Waals surface area (Å²) in [6.07, 6.45) is 5.71. The van der Waals surface area contributed by atoms with Gasteiger partial charge in [0.15, 0.2) is 5.82 Å². The smallest absolute Gasteiger partial charge is 0.158 e. The van der Waals surface area contributed by atoms with Crippen LogP contribution in [0.1, 0.15) is 24.0 Å².